The van der Waals surface area contributed by atoms with Crippen LogP contribution in [-0.2, 0) is 6.42 Å². The molecule has 0 amide bonds. The van der Waals surface area contributed by atoms with E-state index in [1.165, 1.54) is 17.8 Å². The first kappa shape index (κ1) is 14.5. The molecular weight excluding hydrogens is 255 g/mol. The summed E-state index contributed by atoms with van der Waals surface area (Å²) in [5, 5.41) is 3.37. The molecule has 106 valence electrons. The predicted octanol–water partition coefficient (Wildman–Crippen LogP) is 3.12. The van der Waals surface area contributed by atoms with Gasteiger partial charge in [0, 0.05) is 12.2 Å². The standard InChI is InChI=1S/C16H19FN2O/c1-12(14-9-15(17)11-18-10-14)19-8-7-13-3-5-16(20-2)6-4-13/h3-6,9-12,19H,7-8H2,1-2H3. The molecule has 2 rings (SSSR count). The normalized spacial score (nSPS) is 12.2. The first-order valence-electron chi connectivity index (χ1n) is 6.66. The Morgan fingerprint density at radius 1 is 1.25 bits per heavy atom. The molecular formula is C16H19FN2O. The van der Waals surface area contributed by atoms with Crippen LogP contribution in [0.25, 0.3) is 0 Å². The number of nitrogens with zero attached hydrogens (tertiary/aromatic N) is 1. The van der Waals surface area contributed by atoms with Gasteiger partial charge in [-0.3, -0.25) is 4.98 Å². The topological polar surface area (TPSA) is 34.1 Å². The van der Waals surface area contributed by atoms with Crippen LogP contribution >= 0.6 is 0 Å². The van der Waals surface area contributed by atoms with Crippen LogP contribution < -0.4 is 10.1 Å². The molecule has 20 heavy (non-hydrogen) atoms. The molecule has 1 aromatic carbocycles. The Balaban J connectivity index is 1.82. The number of hydrogen-bond donors (Lipinski definition) is 1. The van der Waals surface area contributed by atoms with Gasteiger partial charge in [-0.05, 0) is 49.2 Å². The monoisotopic (exact) mass is 274 g/mol. The van der Waals surface area contributed by atoms with Crippen molar-refractivity contribution >= 4 is 0 Å². The molecule has 1 aromatic heterocycles. The fourth-order valence-corrected chi connectivity index (χ4v) is 2.01. The lowest BCUT2D eigenvalue weighted by molar-refractivity contribution is 0.414. The van der Waals surface area contributed by atoms with Crippen LogP contribution in [0.4, 0.5) is 4.39 Å². The lowest BCUT2D eigenvalue weighted by atomic mass is 10.1. The van der Waals surface area contributed by atoms with Crippen molar-refractivity contribution in [3.8, 4) is 5.75 Å². The van der Waals surface area contributed by atoms with Crippen LogP contribution in [0.1, 0.15) is 24.1 Å². The quantitative estimate of drug-likeness (QED) is 0.878. The molecule has 0 bridgehead atoms. The summed E-state index contributed by atoms with van der Waals surface area (Å²) in [5.41, 5.74) is 2.10. The summed E-state index contributed by atoms with van der Waals surface area (Å²) < 4.78 is 18.2. The molecule has 1 N–H and O–H groups in total. The summed E-state index contributed by atoms with van der Waals surface area (Å²) in [6.45, 7) is 2.83. The van der Waals surface area contributed by atoms with Crippen molar-refractivity contribution in [3.63, 3.8) is 0 Å². The van der Waals surface area contributed by atoms with Gasteiger partial charge in [-0.25, -0.2) is 4.39 Å². The highest BCUT2D eigenvalue weighted by Gasteiger charge is 2.06. The third-order valence-electron chi connectivity index (χ3n) is 3.25. The minimum absolute atomic E-state index is 0.0800. The van der Waals surface area contributed by atoms with Crippen LogP contribution in [0.2, 0.25) is 0 Å². The zero-order chi connectivity index (χ0) is 14.4. The number of aromatic nitrogens is 1. The molecule has 1 atom stereocenters. The Morgan fingerprint density at radius 2 is 2.00 bits per heavy atom. The number of methoxy groups -OCH3 is 1. The van der Waals surface area contributed by atoms with Crippen molar-refractivity contribution in [3.05, 3.63) is 59.7 Å². The molecule has 3 nitrogen and oxygen atoms in total. The molecule has 0 saturated heterocycles. The number of rotatable bonds is 6. The zero-order valence-corrected chi connectivity index (χ0v) is 11.8. The minimum atomic E-state index is -0.300. The zero-order valence-electron chi connectivity index (χ0n) is 11.8. The van der Waals surface area contributed by atoms with E-state index in [4.69, 9.17) is 4.74 Å². The van der Waals surface area contributed by atoms with E-state index in [0.29, 0.717) is 0 Å². The van der Waals surface area contributed by atoms with Gasteiger partial charge < -0.3 is 10.1 Å². The van der Waals surface area contributed by atoms with Gasteiger partial charge in [0.05, 0.1) is 13.3 Å². The van der Waals surface area contributed by atoms with Gasteiger partial charge in [-0.15, -0.1) is 0 Å². The maximum Gasteiger partial charge on any atom is 0.141 e. The van der Waals surface area contributed by atoms with Crippen LogP contribution in [0.15, 0.2) is 42.7 Å². The van der Waals surface area contributed by atoms with Gasteiger partial charge in [0.25, 0.3) is 0 Å². The van der Waals surface area contributed by atoms with E-state index in [1.807, 2.05) is 19.1 Å². The molecule has 2 aromatic rings. The van der Waals surface area contributed by atoms with Crippen molar-refractivity contribution in [2.45, 2.75) is 19.4 Å². The number of halogens is 1. The van der Waals surface area contributed by atoms with Crippen LogP contribution in [0.5, 0.6) is 5.75 Å². The highest BCUT2D eigenvalue weighted by atomic mass is 19.1. The Hall–Kier alpha value is -1.94. The largest absolute Gasteiger partial charge is 0.497 e. The summed E-state index contributed by atoms with van der Waals surface area (Å²) in [6.07, 6.45) is 3.82. The Morgan fingerprint density at radius 3 is 2.65 bits per heavy atom. The second kappa shape index (κ2) is 7.01. The van der Waals surface area contributed by atoms with Crippen molar-refractivity contribution in [1.82, 2.24) is 10.3 Å². The molecule has 0 aliphatic heterocycles. The Kier molecular flexibility index (Phi) is 5.07. The van der Waals surface area contributed by atoms with E-state index in [1.54, 1.807) is 13.3 Å². The van der Waals surface area contributed by atoms with Gasteiger partial charge in [0.2, 0.25) is 0 Å². The van der Waals surface area contributed by atoms with E-state index in [0.717, 1.165) is 24.3 Å². The van der Waals surface area contributed by atoms with Gasteiger partial charge in [0.15, 0.2) is 0 Å². The van der Waals surface area contributed by atoms with Crippen molar-refractivity contribution in [2.24, 2.45) is 0 Å². The Labute approximate surface area is 118 Å². The second-order valence-corrected chi connectivity index (χ2v) is 4.71. The summed E-state index contributed by atoms with van der Waals surface area (Å²) in [6, 6.07) is 9.60. The summed E-state index contributed by atoms with van der Waals surface area (Å²) >= 11 is 0. The van der Waals surface area contributed by atoms with E-state index in [-0.39, 0.29) is 11.9 Å². The van der Waals surface area contributed by atoms with E-state index < -0.39 is 0 Å². The highest BCUT2D eigenvalue weighted by molar-refractivity contribution is 5.27. The van der Waals surface area contributed by atoms with E-state index in [2.05, 4.69) is 22.4 Å². The molecule has 0 aliphatic carbocycles. The number of benzene rings is 1. The number of hydrogen-bond acceptors (Lipinski definition) is 3. The maximum absolute atomic E-state index is 13.1. The fourth-order valence-electron chi connectivity index (χ4n) is 2.01. The molecule has 1 heterocycles. The van der Waals surface area contributed by atoms with Gasteiger partial charge >= 0.3 is 0 Å². The first-order chi connectivity index (χ1) is 9.69. The highest BCUT2D eigenvalue weighted by Crippen LogP contribution is 2.13. The van der Waals surface area contributed by atoms with Gasteiger partial charge in [-0.2, -0.15) is 0 Å². The van der Waals surface area contributed by atoms with Crippen molar-refractivity contribution in [1.29, 1.82) is 0 Å². The maximum atomic E-state index is 13.1. The number of ether oxygens (including phenoxy) is 1. The molecule has 0 radical (unpaired) electrons. The van der Waals surface area contributed by atoms with Crippen LogP contribution in [0.3, 0.4) is 0 Å². The van der Waals surface area contributed by atoms with Crippen molar-refractivity contribution < 1.29 is 9.13 Å². The lowest BCUT2D eigenvalue weighted by Crippen LogP contribution is -2.21. The van der Waals surface area contributed by atoms with Crippen molar-refractivity contribution in [2.75, 3.05) is 13.7 Å². The summed E-state index contributed by atoms with van der Waals surface area (Å²) in [7, 11) is 1.66. The Bertz CT molecular complexity index is 542. The van der Waals surface area contributed by atoms with Crippen LogP contribution in [-0.4, -0.2) is 18.6 Å². The van der Waals surface area contributed by atoms with E-state index in [9.17, 15) is 4.39 Å². The second-order valence-electron chi connectivity index (χ2n) is 4.71. The van der Waals surface area contributed by atoms with E-state index >= 15 is 0 Å². The number of nitrogens with one attached hydrogen (secondary N) is 1. The average molecular weight is 274 g/mol. The van der Waals surface area contributed by atoms with Gasteiger partial charge in [-0.1, -0.05) is 12.1 Å². The SMILES string of the molecule is COc1ccc(CCNC(C)c2cncc(F)c2)cc1. The number of pyridine rings is 1. The first-order valence-corrected chi connectivity index (χ1v) is 6.66. The molecule has 0 saturated carbocycles. The third kappa shape index (κ3) is 4.03. The molecule has 4 heteroatoms. The summed E-state index contributed by atoms with van der Waals surface area (Å²) in [4.78, 5) is 3.86. The van der Waals surface area contributed by atoms with Gasteiger partial charge in [0.1, 0.15) is 11.6 Å². The lowest BCUT2D eigenvalue weighted by Gasteiger charge is -2.14. The molecule has 0 aliphatic rings. The van der Waals surface area contributed by atoms with Crippen LogP contribution in [0, 0.1) is 5.82 Å². The third-order valence-corrected chi connectivity index (χ3v) is 3.25. The molecule has 0 spiro atoms. The predicted molar refractivity (Wildman–Crippen MR) is 77.3 cm³/mol. The smallest absolute Gasteiger partial charge is 0.141 e. The summed E-state index contributed by atoms with van der Waals surface area (Å²) in [5.74, 6) is 0.562. The minimum Gasteiger partial charge on any atom is -0.497 e. The molecule has 0 fully saturated rings. The molecule has 1 unspecified atom stereocenters. The average Bonchev–Trinajstić information content (AvgIpc) is 2.48. The fraction of sp³-hybridized carbons (Fsp3) is 0.312.